The number of aromatic carboxylic acids is 1. The van der Waals surface area contributed by atoms with Crippen molar-refractivity contribution in [1.29, 1.82) is 0 Å². The number of carboxylic acid groups (broad SMARTS) is 1. The summed E-state index contributed by atoms with van der Waals surface area (Å²) in [5.74, 6) is -0.634. The maximum atomic E-state index is 11.9. The van der Waals surface area contributed by atoms with E-state index in [-0.39, 0.29) is 17.8 Å². The Hall–Kier alpha value is -1.63. The molecule has 20 heavy (non-hydrogen) atoms. The van der Waals surface area contributed by atoms with Gasteiger partial charge >= 0.3 is 12.0 Å². The predicted octanol–water partition coefficient (Wildman–Crippen LogP) is 2.07. The number of hydrogen-bond donors (Lipinski definition) is 2. The number of aromatic nitrogens is 1. The number of thiazole rings is 1. The summed E-state index contributed by atoms with van der Waals surface area (Å²) in [5, 5.41) is 13.8. The third kappa shape index (κ3) is 4.48. The van der Waals surface area contributed by atoms with Gasteiger partial charge in [-0.25, -0.2) is 14.6 Å². The van der Waals surface area contributed by atoms with Crippen molar-refractivity contribution in [2.45, 2.75) is 33.2 Å². The highest BCUT2D eigenvalue weighted by Crippen LogP contribution is 2.10. The van der Waals surface area contributed by atoms with E-state index in [2.05, 4.69) is 24.1 Å². The molecule has 0 fully saturated rings. The van der Waals surface area contributed by atoms with Crippen LogP contribution in [-0.4, -0.2) is 46.6 Å². The van der Waals surface area contributed by atoms with Crippen LogP contribution >= 0.6 is 11.3 Å². The molecule has 2 N–H and O–H groups in total. The smallest absolute Gasteiger partial charge is 0.355 e. The molecule has 2 amide bonds. The molecule has 0 aliphatic rings. The van der Waals surface area contributed by atoms with Gasteiger partial charge in [-0.05, 0) is 12.8 Å². The second-order valence-electron chi connectivity index (χ2n) is 5.01. The van der Waals surface area contributed by atoms with Crippen LogP contribution in [0.5, 0.6) is 0 Å². The molecule has 0 saturated carbocycles. The Balaban J connectivity index is 2.39. The summed E-state index contributed by atoms with van der Waals surface area (Å²) >= 11 is 1.29. The number of carbonyl (C=O) groups excluding carboxylic acids is 1. The number of hydrogen-bond acceptors (Lipinski definition) is 4. The van der Waals surface area contributed by atoms with Crippen LogP contribution in [0.15, 0.2) is 5.38 Å². The number of nitrogens with one attached hydrogen (secondary N) is 1. The van der Waals surface area contributed by atoms with Crippen molar-refractivity contribution in [3.05, 3.63) is 16.1 Å². The summed E-state index contributed by atoms with van der Waals surface area (Å²) < 4.78 is 0. The highest BCUT2D eigenvalue weighted by Gasteiger charge is 2.18. The topological polar surface area (TPSA) is 82.5 Å². The predicted molar refractivity (Wildman–Crippen MR) is 78.2 cm³/mol. The van der Waals surface area contributed by atoms with Crippen LogP contribution in [0.2, 0.25) is 0 Å². The molecule has 1 heterocycles. The number of urea groups is 1. The quantitative estimate of drug-likeness (QED) is 0.842. The fourth-order valence-corrected chi connectivity index (χ4v) is 2.33. The normalized spacial score (nSPS) is 12.2. The lowest BCUT2D eigenvalue weighted by atomic mass is 10.1. The van der Waals surface area contributed by atoms with Gasteiger partial charge in [0.25, 0.3) is 0 Å². The minimum atomic E-state index is -1.03. The number of nitrogens with zero attached hydrogens (tertiary/aromatic N) is 2. The molecule has 7 heteroatoms. The summed E-state index contributed by atoms with van der Waals surface area (Å²) in [6.45, 7) is 6.58. The minimum Gasteiger partial charge on any atom is -0.476 e. The zero-order chi connectivity index (χ0) is 15.3. The lowest BCUT2D eigenvalue weighted by Gasteiger charge is -2.28. The molecule has 112 valence electrons. The fraction of sp³-hybridized carbons (Fsp3) is 0.615. The zero-order valence-corrected chi connectivity index (χ0v) is 13.0. The Bertz CT molecular complexity index is 473. The van der Waals surface area contributed by atoms with Crippen molar-refractivity contribution in [2.75, 3.05) is 13.6 Å². The molecule has 1 unspecified atom stereocenters. The van der Waals surface area contributed by atoms with E-state index in [1.54, 1.807) is 11.9 Å². The van der Waals surface area contributed by atoms with Gasteiger partial charge in [0.1, 0.15) is 0 Å². The van der Waals surface area contributed by atoms with Gasteiger partial charge in [0.05, 0.1) is 5.01 Å². The van der Waals surface area contributed by atoms with Crippen LogP contribution in [0.1, 0.15) is 36.3 Å². The van der Waals surface area contributed by atoms with Crippen LogP contribution in [0.25, 0.3) is 0 Å². The third-order valence-electron chi connectivity index (χ3n) is 3.28. The van der Waals surface area contributed by atoms with E-state index >= 15 is 0 Å². The van der Waals surface area contributed by atoms with E-state index < -0.39 is 5.97 Å². The van der Waals surface area contributed by atoms with Gasteiger partial charge < -0.3 is 15.3 Å². The summed E-state index contributed by atoms with van der Waals surface area (Å²) in [4.78, 5) is 28.2. The summed E-state index contributed by atoms with van der Waals surface area (Å²) in [6, 6.07) is 0.0367. The van der Waals surface area contributed by atoms with Crippen LogP contribution in [0.4, 0.5) is 4.79 Å². The molecule has 1 rings (SSSR count). The van der Waals surface area contributed by atoms with Crippen LogP contribution in [0.3, 0.4) is 0 Å². The molecule has 0 spiro atoms. The molecular weight excluding hydrogens is 278 g/mol. The van der Waals surface area contributed by atoms with Gasteiger partial charge in [-0.3, -0.25) is 0 Å². The monoisotopic (exact) mass is 299 g/mol. The van der Waals surface area contributed by atoms with Crippen molar-refractivity contribution < 1.29 is 14.7 Å². The lowest BCUT2D eigenvalue weighted by Crippen LogP contribution is -2.44. The van der Waals surface area contributed by atoms with E-state index in [0.717, 1.165) is 0 Å². The van der Waals surface area contributed by atoms with Crippen molar-refractivity contribution >= 4 is 23.3 Å². The van der Waals surface area contributed by atoms with E-state index in [9.17, 15) is 9.59 Å². The molecule has 1 aromatic rings. The molecule has 0 aliphatic carbocycles. The largest absolute Gasteiger partial charge is 0.476 e. The minimum absolute atomic E-state index is 0.0573. The Morgan fingerprint density at radius 2 is 2.10 bits per heavy atom. The molecule has 0 aliphatic heterocycles. The number of carboxylic acids is 1. The molecule has 1 aromatic heterocycles. The van der Waals surface area contributed by atoms with Crippen molar-refractivity contribution in [1.82, 2.24) is 15.2 Å². The zero-order valence-electron chi connectivity index (χ0n) is 12.2. The summed E-state index contributed by atoms with van der Waals surface area (Å²) in [5.41, 5.74) is 0.0573. The Morgan fingerprint density at radius 3 is 2.60 bits per heavy atom. The van der Waals surface area contributed by atoms with E-state index in [4.69, 9.17) is 5.11 Å². The lowest BCUT2D eigenvalue weighted by molar-refractivity contribution is 0.0691. The molecular formula is C13H21N3O3S. The number of amides is 2. The molecule has 0 saturated heterocycles. The van der Waals surface area contributed by atoms with Crippen molar-refractivity contribution in [2.24, 2.45) is 5.92 Å². The van der Waals surface area contributed by atoms with Crippen LogP contribution in [0, 0.1) is 5.92 Å². The first-order valence-corrected chi connectivity index (χ1v) is 7.39. The maximum absolute atomic E-state index is 11.9. The van der Waals surface area contributed by atoms with Gasteiger partial charge in [-0.1, -0.05) is 13.8 Å². The first-order valence-electron chi connectivity index (χ1n) is 6.51. The van der Waals surface area contributed by atoms with Crippen LogP contribution in [-0.2, 0) is 6.42 Å². The number of carbonyl (C=O) groups is 2. The number of rotatable bonds is 6. The maximum Gasteiger partial charge on any atom is 0.355 e. The second-order valence-corrected chi connectivity index (χ2v) is 5.95. The summed E-state index contributed by atoms with van der Waals surface area (Å²) in [6.07, 6.45) is 0.535. The van der Waals surface area contributed by atoms with Crippen molar-refractivity contribution in [3.8, 4) is 0 Å². The fourth-order valence-electron chi connectivity index (χ4n) is 1.56. The van der Waals surface area contributed by atoms with Gasteiger partial charge in [-0.2, -0.15) is 0 Å². The molecule has 0 aromatic carbocycles. The first-order chi connectivity index (χ1) is 9.32. The Labute approximate surface area is 122 Å². The van der Waals surface area contributed by atoms with E-state index in [1.807, 2.05) is 6.92 Å². The molecule has 0 bridgehead atoms. The van der Waals surface area contributed by atoms with Gasteiger partial charge in [0.15, 0.2) is 5.69 Å². The summed E-state index contributed by atoms with van der Waals surface area (Å²) in [7, 11) is 1.77. The Morgan fingerprint density at radius 1 is 1.45 bits per heavy atom. The molecule has 0 radical (unpaired) electrons. The van der Waals surface area contributed by atoms with E-state index in [0.29, 0.717) is 23.9 Å². The molecule has 6 nitrogen and oxygen atoms in total. The van der Waals surface area contributed by atoms with Gasteiger partial charge in [0.2, 0.25) is 0 Å². The van der Waals surface area contributed by atoms with E-state index in [1.165, 1.54) is 16.7 Å². The highest BCUT2D eigenvalue weighted by molar-refractivity contribution is 7.09. The highest BCUT2D eigenvalue weighted by atomic mass is 32.1. The van der Waals surface area contributed by atoms with Gasteiger partial charge in [0, 0.05) is 31.4 Å². The average Bonchev–Trinajstić information content (AvgIpc) is 2.85. The van der Waals surface area contributed by atoms with Crippen molar-refractivity contribution in [3.63, 3.8) is 0 Å². The van der Waals surface area contributed by atoms with Gasteiger partial charge in [-0.15, -0.1) is 11.3 Å². The second kappa shape index (κ2) is 7.23. The Kier molecular flexibility index (Phi) is 5.94. The van der Waals surface area contributed by atoms with Crippen LogP contribution < -0.4 is 5.32 Å². The third-order valence-corrected chi connectivity index (χ3v) is 4.19. The molecule has 1 atom stereocenters. The first kappa shape index (κ1) is 16.4. The average molecular weight is 299 g/mol. The standard InChI is InChI=1S/C13H21N3O3S/c1-8(2)9(3)16(4)13(19)14-6-5-11-15-10(7-20-11)12(17)18/h7-9H,5-6H2,1-4H3,(H,14,19)(H,17,18). The SMILES string of the molecule is CC(C)C(C)N(C)C(=O)NCCc1nc(C(=O)O)cs1.